The smallest absolute Gasteiger partial charge is 0.322 e. The van der Waals surface area contributed by atoms with Gasteiger partial charge >= 0.3 is 5.97 Å². The lowest BCUT2D eigenvalue weighted by molar-refractivity contribution is -0.135. The van der Waals surface area contributed by atoms with Crippen LogP contribution in [0.25, 0.3) is 11.1 Å². The molecule has 4 rings (SSSR count). The van der Waals surface area contributed by atoms with Crippen LogP contribution in [0.4, 0.5) is 5.95 Å². The van der Waals surface area contributed by atoms with Crippen LogP contribution in [0, 0.1) is 12.8 Å². The summed E-state index contributed by atoms with van der Waals surface area (Å²) in [5, 5.41) is 21.1. The van der Waals surface area contributed by atoms with Gasteiger partial charge in [-0.05, 0) is 31.2 Å². The van der Waals surface area contributed by atoms with Gasteiger partial charge in [0.25, 0.3) is 5.91 Å². The first-order chi connectivity index (χ1) is 16.4. The van der Waals surface area contributed by atoms with Crippen LogP contribution in [-0.4, -0.2) is 61.7 Å². The first-order valence-corrected chi connectivity index (χ1v) is 11.1. The van der Waals surface area contributed by atoms with E-state index < -0.39 is 18.4 Å². The molecule has 0 spiro atoms. The Bertz CT molecular complexity index is 1160. The van der Waals surface area contributed by atoms with Gasteiger partial charge in [0.2, 0.25) is 5.95 Å². The lowest BCUT2D eigenvalue weighted by Gasteiger charge is -2.31. The number of aryl methyl sites for hydroxylation is 1. The van der Waals surface area contributed by atoms with Crippen LogP contribution in [0.15, 0.2) is 42.7 Å². The summed E-state index contributed by atoms with van der Waals surface area (Å²) in [6.07, 6.45) is 6.00. The van der Waals surface area contributed by atoms with E-state index in [9.17, 15) is 14.7 Å². The number of carbonyl (C=O) groups is 2. The number of hydrogen-bond donors (Lipinski definition) is 3. The number of aromatic nitrogens is 4. The van der Waals surface area contributed by atoms with Crippen molar-refractivity contribution in [2.24, 2.45) is 5.92 Å². The zero-order chi connectivity index (χ0) is 24.1. The molecular formula is C24H26N6O4. The summed E-state index contributed by atoms with van der Waals surface area (Å²) in [5.74, 6) is -0.789. The molecule has 34 heavy (non-hydrogen) atoms. The topological polar surface area (TPSA) is 141 Å². The predicted molar refractivity (Wildman–Crippen MR) is 125 cm³/mol. The third kappa shape index (κ3) is 5.45. The lowest BCUT2D eigenvalue weighted by atomic mass is 9.93. The number of carboxylic acid groups (broad SMARTS) is 1. The van der Waals surface area contributed by atoms with Crippen molar-refractivity contribution < 1.29 is 19.8 Å². The Kier molecular flexibility index (Phi) is 6.95. The summed E-state index contributed by atoms with van der Waals surface area (Å²) in [7, 11) is 0. The quantitative estimate of drug-likeness (QED) is 0.482. The first kappa shape index (κ1) is 23.1. The van der Waals surface area contributed by atoms with Crippen LogP contribution in [-0.2, 0) is 11.2 Å². The van der Waals surface area contributed by atoms with Crippen molar-refractivity contribution in [3.05, 3.63) is 59.9 Å². The highest BCUT2D eigenvalue weighted by Gasteiger charge is 2.24. The van der Waals surface area contributed by atoms with Gasteiger partial charge in [0, 0.05) is 37.5 Å². The van der Waals surface area contributed by atoms with Crippen molar-refractivity contribution >= 4 is 17.8 Å². The van der Waals surface area contributed by atoms with Gasteiger partial charge in [-0.3, -0.25) is 9.59 Å². The number of amides is 1. The number of piperidine rings is 1. The Morgan fingerprint density at radius 3 is 2.38 bits per heavy atom. The molecule has 0 saturated carbocycles. The van der Waals surface area contributed by atoms with Crippen molar-refractivity contribution in [1.82, 2.24) is 25.3 Å². The molecule has 10 nitrogen and oxygen atoms in total. The third-order valence-electron chi connectivity index (χ3n) is 5.83. The minimum atomic E-state index is -1.18. The Hall–Kier alpha value is -4.08. The van der Waals surface area contributed by atoms with Crippen LogP contribution in [0.1, 0.15) is 34.8 Å². The van der Waals surface area contributed by atoms with E-state index in [1.54, 1.807) is 6.92 Å². The van der Waals surface area contributed by atoms with Crippen molar-refractivity contribution in [2.75, 3.05) is 24.5 Å². The Morgan fingerprint density at radius 2 is 1.74 bits per heavy atom. The van der Waals surface area contributed by atoms with Gasteiger partial charge in [-0.1, -0.05) is 30.3 Å². The fraction of sp³-hybridized carbons (Fsp3) is 0.333. The normalized spacial score (nSPS) is 14.1. The van der Waals surface area contributed by atoms with E-state index in [1.165, 1.54) is 0 Å². The summed E-state index contributed by atoms with van der Waals surface area (Å²) in [6, 6.07) is 10.00. The second-order valence-corrected chi connectivity index (χ2v) is 8.27. The summed E-state index contributed by atoms with van der Waals surface area (Å²) in [5.41, 5.74) is 2.14. The van der Waals surface area contributed by atoms with Crippen LogP contribution >= 0.6 is 0 Å². The number of carboxylic acids is 1. The molecule has 1 aromatic carbocycles. The van der Waals surface area contributed by atoms with E-state index in [0.717, 1.165) is 37.1 Å². The molecule has 176 valence electrons. The Balaban J connectivity index is 1.37. The molecule has 10 heteroatoms. The molecule has 3 heterocycles. The monoisotopic (exact) mass is 462 g/mol. The standard InChI is InChI=1S/C24H26N6O4/c1-15-22(33)21(23(34)25-14-20(31)32)29-19(28-15)11-16-7-9-30(10-8-16)24-26-12-18(13-27-24)17-5-3-2-4-6-17/h2-6,12-13,16,33H,7-11,14H2,1H3,(H,25,34)(H,31,32). The molecule has 3 aromatic rings. The summed E-state index contributed by atoms with van der Waals surface area (Å²) < 4.78 is 0. The molecule has 3 N–H and O–H groups in total. The number of rotatable bonds is 7. The van der Waals surface area contributed by atoms with E-state index in [2.05, 4.69) is 30.2 Å². The molecule has 0 bridgehead atoms. The summed E-state index contributed by atoms with van der Waals surface area (Å²) >= 11 is 0. The van der Waals surface area contributed by atoms with Crippen LogP contribution in [0.3, 0.4) is 0 Å². The fourth-order valence-corrected chi connectivity index (χ4v) is 3.97. The van der Waals surface area contributed by atoms with Crippen molar-refractivity contribution in [3.8, 4) is 16.9 Å². The maximum Gasteiger partial charge on any atom is 0.322 e. The average Bonchev–Trinajstić information content (AvgIpc) is 2.86. The van der Waals surface area contributed by atoms with Gasteiger partial charge < -0.3 is 20.4 Å². The second-order valence-electron chi connectivity index (χ2n) is 8.27. The molecule has 1 amide bonds. The highest BCUT2D eigenvalue weighted by Crippen LogP contribution is 2.26. The molecule has 0 radical (unpaired) electrons. The number of nitrogens with zero attached hydrogens (tertiary/aromatic N) is 5. The number of carbonyl (C=O) groups excluding carboxylic acids is 1. The number of anilines is 1. The maximum atomic E-state index is 12.2. The van der Waals surface area contributed by atoms with E-state index in [1.807, 2.05) is 42.7 Å². The molecule has 0 unspecified atom stereocenters. The minimum absolute atomic E-state index is 0.201. The van der Waals surface area contributed by atoms with E-state index >= 15 is 0 Å². The van der Waals surface area contributed by atoms with E-state index in [0.29, 0.717) is 24.1 Å². The molecular weight excluding hydrogens is 436 g/mol. The molecule has 2 aromatic heterocycles. The van der Waals surface area contributed by atoms with Gasteiger partial charge in [0.15, 0.2) is 11.4 Å². The highest BCUT2D eigenvalue weighted by molar-refractivity contribution is 5.96. The highest BCUT2D eigenvalue weighted by atomic mass is 16.4. The number of aromatic hydroxyl groups is 1. The zero-order valence-electron chi connectivity index (χ0n) is 18.8. The molecule has 1 saturated heterocycles. The SMILES string of the molecule is Cc1nc(CC2CCN(c3ncc(-c4ccccc4)cn3)CC2)nc(C(=O)NCC(=O)O)c1O. The first-order valence-electron chi connectivity index (χ1n) is 11.1. The van der Waals surface area contributed by atoms with Crippen LogP contribution in [0.2, 0.25) is 0 Å². The molecule has 0 atom stereocenters. The minimum Gasteiger partial charge on any atom is -0.504 e. The van der Waals surface area contributed by atoms with E-state index in [-0.39, 0.29) is 17.1 Å². The number of nitrogens with one attached hydrogen (secondary N) is 1. The van der Waals surface area contributed by atoms with Gasteiger partial charge in [-0.15, -0.1) is 0 Å². The second kappa shape index (κ2) is 10.2. The maximum absolute atomic E-state index is 12.2. The molecule has 0 aliphatic carbocycles. The predicted octanol–water partition coefficient (Wildman–Crippen LogP) is 2.22. The van der Waals surface area contributed by atoms with Crippen molar-refractivity contribution in [2.45, 2.75) is 26.2 Å². The zero-order valence-corrected chi connectivity index (χ0v) is 18.8. The Labute approximate surface area is 196 Å². The lowest BCUT2D eigenvalue weighted by Crippen LogP contribution is -2.35. The van der Waals surface area contributed by atoms with Gasteiger partial charge in [0.1, 0.15) is 12.4 Å². The average molecular weight is 463 g/mol. The molecule has 1 aliphatic rings. The fourth-order valence-electron chi connectivity index (χ4n) is 3.97. The van der Waals surface area contributed by atoms with Crippen molar-refractivity contribution in [1.29, 1.82) is 0 Å². The third-order valence-corrected chi connectivity index (χ3v) is 5.83. The summed E-state index contributed by atoms with van der Waals surface area (Å²) in [4.78, 5) is 42.7. The van der Waals surface area contributed by atoms with Crippen molar-refractivity contribution in [3.63, 3.8) is 0 Å². The summed E-state index contributed by atoms with van der Waals surface area (Å²) in [6.45, 7) is 2.62. The number of hydrogen-bond acceptors (Lipinski definition) is 8. The van der Waals surface area contributed by atoms with E-state index in [4.69, 9.17) is 5.11 Å². The Morgan fingerprint density at radius 1 is 1.06 bits per heavy atom. The van der Waals surface area contributed by atoms with Gasteiger partial charge in [-0.2, -0.15) is 0 Å². The number of aliphatic carboxylic acids is 1. The molecule has 1 aliphatic heterocycles. The molecule has 1 fully saturated rings. The van der Waals surface area contributed by atoms with Crippen LogP contribution in [0.5, 0.6) is 5.75 Å². The van der Waals surface area contributed by atoms with Gasteiger partial charge in [0.05, 0.1) is 5.69 Å². The van der Waals surface area contributed by atoms with Crippen LogP contribution < -0.4 is 10.2 Å². The largest absolute Gasteiger partial charge is 0.504 e. The number of benzene rings is 1. The van der Waals surface area contributed by atoms with Gasteiger partial charge in [-0.25, -0.2) is 19.9 Å².